The molecule has 14 heteroatoms. The molecule has 250 valence electrons. The molecular weight excluding hydrogens is 610 g/mol. The Morgan fingerprint density at radius 2 is 1.53 bits per heavy atom. The zero-order valence-corrected chi connectivity index (χ0v) is 26.7. The molecule has 4 rings (SSSR count). The number of ether oxygens (including phenoxy) is 1. The molecule has 0 unspecified atom stereocenters. The Kier molecular flexibility index (Phi) is 11.0. The molecule has 0 saturated carbocycles. The Morgan fingerprint density at radius 3 is 2.13 bits per heavy atom. The Labute approximate surface area is 272 Å². The van der Waals surface area contributed by atoms with E-state index in [0.29, 0.717) is 12.0 Å². The first-order valence-electron chi connectivity index (χ1n) is 15.3. The number of likely N-dealkylation sites (tertiary alicyclic amines) is 2. The second kappa shape index (κ2) is 14.9. The number of carbonyl (C=O) groups is 7. The van der Waals surface area contributed by atoms with E-state index < -0.39 is 78.7 Å². The molecule has 2 aromatic rings. The largest absolute Gasteiger partial charge is 0.481 e. The van der Waals surface area contributed by atoms with Crippen LogP contribution in [0.2, 0.25) is 0 Å². The van der Waals surface area contributed by atoms with Crippen LogP contribution in [-0.4, -0.2) is 108 Å². The van der Waals surface area contributed by atoms with Crippen molar-refractivity contribution >= 4 is 47.2 Å². The molecular formula is C33H39N5O9. The number of carboxylic acid groups (broad SMARTS) is 1. The van der Waals surface area contributed by atoms with Crippen LogP contribution in [0.3, 0.4) is 0 Å². The van der Waals surface area contributed by atoms with Crippen LogP contribution in [0.25, 0.3) is 0 Å². The van der Waals surface area contributed by atoms with Gasteiger partial charge >= 0.3 is 18.0 Å². The fourth-order valence-electron chi connectivity index (χ4n) is 5.87. The zero-order valence-electron chi connectivity index (χ0n) is 26.7. The Bertz CT molecular complexity index is 1530. The molecule has 14 nitrogen and oxygen atoms in total. The van der Waals surface area contributed by atoms with Gasteiger partial charge in [0.2, 0.25) is 11.8 Å². The van der Waals surface area contributed by atoms with Crippen LogP contribution in [0, 0.1) is 5.92 Å². The third-order valence-corrected chi connectivity index (χ3v) is 8.11. The number of hydrogen-bond acceptors (Lipinski definition) is 9. The number of carboxylic acids is 1. The average molecular weight is 650 g/mol. The molecule has 3 N–H and O–H groups in total. The van der Waals surface area contributed by atoms with Gasteiger partial charge in [0, 0.05) is 31.9 Å². The maximum Gasteiger partial charge on any atom is 0.415 e. The molecule has 47 heavy (non-hydrogen) atoms. The highest BCUT2D eigenvalue weighted by Gasteiger charge is 2.53. The normalized spacial score (nSPS) is 18.3. The lowest BCUT2D eigenvalue weighted by molar-refractivity contribution is -0.143. The monoisotopic (exact) mass is 649 g/mol. The number of rotatable bonds is 11. The van der Waals surface area contributed by atoms with Gasteiger partial charge in [-0.1, -0.05) is 32.0 Å². The first-order chi connectivity index (χ1) is 22.3. The lowest BCUT2D eigenvalue weighted by Gasteiger charge is -2.29. The second-order valence-corrected chi connectivity index (χ2v) is 12.2. The number of hydrogen-bond donors (Lipinski definition) is 3. The van der Waals surface area contributed by atoms with Crippen molar-refractivity contribution in [3.63, 3.8) is 0 Å². The summed E-state index contributed by atoms with van der Waals surface area (Å²) in [5.74, 6) is -4.59. The molecule has 2 saturated heterocycles. The molecule has 0 bridgehead atoms. The lowest BCUT2D eigenvalue weighted by Crippen LogP contribution is -2.54. The van der Waals surface area contributed by atoms with E-state index in [4.69, 9.17) is 4.74 Å². The summed E-state index contributed by atoms with van der Waals surface area (Å²) < 4.78 is 4.75. The number of Topliss-reactive ketones (excluding diaryl/α,β-unsaturated/α-hetero) is 1. The number of fused-ring (bicyclic) bond motifs is 1. The quantitative estimate of drug-likeness (QED) is 0.239. The van der Waals surface area contributed by atoms with Gasteiger partial charge in [-0.05, 0) is 55.2 Å². The minimum absolute atomic E-state index is 0.0208. The highest BCUT2D eigenvalue weighted by Crippen LogP contribution is 2.31. The van der Waals surface area contributed by atoms with Crippen molar-refractivity contribution in [3.05, 3.63) is 65.7 Å². The number of carbonyl (C=O) groups excluding carboxylic acids is 6. The zero-order chi connectivity index (χ0) is 34.4. The topological polar surface area (TPSA) is 183 Å². The standard InChI is InChI=1S/C33H39N5O9/c1-19(2)16-23(34-29(42)20-10-12-22(13-11-20)36(3)4)30(43)37-15-14-25-28(37)26(39)18-38(25)31(44)24(17-27(40)41)35-33(46)47-32(45)21-8-6-5-7-9-21/h5-13,19,23-25,28H,14-18H2,1-4H3,(H,34,42)(H,35,46)(H,40,41)/t23-,24-,25+,28-/m0/s1. The average Bonchev–Trinajstić information content (AvgIpc) is 3.60. The van der Waals surface area contributed by atoms with E-state index in [1.807, 2.05) is 32.8 Å². The van der Waals surface area contributed by atoms with E-state index in [2.05, 4.69) is 10.6 Å². The number of alkyl carbamates (subject to hydrolysis) is 1. The number of aliphatic carboxylic acids is 1. The van der Waals surface area contributed by atoms with Crippen molar-refractivity contribution in [2.75, 3.05) is 32.1 Å². The van der Waals surface area contributed by atoms with Crippen LogP contribution < -0.4 is 15.5 Å². The smallest absolute Gasteiger partial charge is 0.415 e. The molecule has 2 aliphatic rings. The molecule has 4 atom stereocenters. The third-order valence-electron chi connectivity index (χ3n) is 8.11. The van der Waals surface area contributed by atoms with Gasteiger partial charge in [-0.15, -0.1) is 0 Å². The number of ketones is 1. The van der Waals surface area contributed by atoms with Gasteiger partial charge < -0.3 is 35.2 Å². The molecule has 4 amide bonds. The van der Waals surface area contributed by atoms with Crippen LogP contribution in [0.4, 0.5) is 10.5 Å². The molecule has 2 aliphatic heterocycles. The predicted molar refractivity (Wildman–Crippen MR) is 169 cm³/mol. The summed E-state index contributed by atoms with van der Waals surface area (Å²) in [5.41, 5.74) is 1.34. The summed E-state index contributed by atoms with van der Waals surface area (Å²) in [4.78, 5) is 94.7. The van der Waals surface area contributed by atoms with E-state index in [-0.39, 0.29) is 24.4 Å². The van der Waals surface area contributed by atoms with Gasteiger partial charge in [-0.3, -0.25) is 24.0 Å². The van der Waals surface area contributed by atoms with Crippen LogP contribution >= 0.6 is 0 Å². The van der Waals surface area contributed by atoms with E-state index >= 15 is 0 Å². The van der Waals surface area contributed by atoms with E-state index in [1.165, 1.54) is 17.0 Å². The van der Waals surface area contributed by atoms with Crippen molar-refractivity contribution in [1.82, 2.24) is 20.4 Å². The van der Waals surface area contributed by atoms with Crippen molar-refractivity contribution < 1.29 is 43.4 Å². The number of amides is 4. The Balaban J connectivity index is 1.46. The van der Waals surface area contributed by atoms with Gasteiger partial charge in [0.1, 0.15) is 18.1 Å². The maximum atomic E-state index is 13.9. The van der Waals surface area contributed by atoms with E-state index in [0.717, 1.165) is 10.6 Å². The highest BCUT2D eigenvalue weighted by molar-refractivity contribution is 6.02. The molecule has 2 aromatic carbocycles. The SMILES string of the molecule is CC(C)C[C@H](NC(=O)c1ccc(N(C)C)cc1)C(=O)N1CC[C@@H]2[C@H]1C(=O)CN2C(=O)[C@H](CC(=O)O)NC(=O)OC(=O)c1ccccc1. The Hall–Kier alpha value is -5.27. The first-order valence-corrected chi connectivity index (χ1v) is 15.3. The highest BCUT2D eigenvalue weighted by atomic mass is 16.6. The summed E-state index contributed by atoms with van der Waals surface area (Å²) in [7, 11) is 3.75. The number of anilines is 1. The van der Waals surface area contributed by atoms with Crippen LogP contribution in [0.1, 0.15) is 53.8 Å². The minimum Gasteiger partial charge on any atom is -0.481 e. The fraction of sp³-hybridized carbons (Fsp3) is 0.424. The molecule has 0 radical (unpaired) electrons. The lowest BCUT2D eigenvalue weighted by atomic mass is 10.0. The predicted octanol–water partition coefficient (Wildman–Crippen LogP) is 1.69. The van der Waals surface area contributed by atoms with Gasteiger partial charge in [-0.25, -0.2) is 9.59 Å². The van der Waals surface area contributed by atoms with E-state index in [1.54, 1.807) is 42.5 Å². The summed E-state index contributed by atoms with van der Waals surface area (Å²) >= 11 is 0. The van der Waals surface area contributed by atoms with Crippen molar-refractivity contribution in [2.45, 2.75) is 57.3 Å². The van der Waals surface area contributed by atoms with Crippen molar-refractivity contribution in [3.8, 4) is 0 Å². The van der Waals surface area contributed by atoms with E-state index in [9.17, 15) is 38.7 Å². The van der Waals surface area contributed by atoms with Gasteiger partial charge in [0.15, 0.2) is 5.78 Å². The number of esters is 1. The first kappa shape index (κ1) is 34.6. The van der Waals surface area contributed by atoms with Gasteiger partial charge in [0.05, 0.1) is 24.6 Å². The molecule has 0 spiro atoms. The number of benzene rings is 2. The van der Waals surface area contributed by atoms with Crippen LogP contribution in [0.15, 0.2) is 54.6 Å². The summed E-state index contributed by atoms with van der Waals surface area (Å²) in [6, 6.07) is 10.1. The minimum atomic E-state index is -1.65. The van der Waals surface area contributed by atoms with Crippen LogP contribution in [-0.2, 0) is 23.9 Å². The second-order valence-electron chi connectivity index (χ2n) is 12.2. The van der Waals surface area contributed by atoms with Gasteiger partial charge in [-0.2, -0.15) is 0 Å². The molecule has 0 aliphatic carbocycles. The summed E-state index contributed by atoms with van der Waals surface area (Å²) in [6.07, 6.45) is -1.64. The molecule has 2 heterocycles. The number of nitrogens with one attached hydrogen (secondary N) is 2. The van der Waals surface area contributed by atoms with Crippen molar-refractivity contribution in [2.24, 2.45) is 5.92 Å². The van der Waals surface area contributed by atoms with Crippen molar-refractivity contribution in [1.29, 1.82) is 0 Å². The summed E-state index contributed by atoms with van der Waals surface area (Å²) in [5, 5.41) is 14.4. The van der Waals surface area contributed by atoms with Gasteiger partial charge in [0.25, 0.3) is 5.91 Å². The Morgan fingerprint density at radius 1 is 0.894 bits per heavy atom. The molecule has 0 aromatic heterocycles. The molecule has 2 fully saturated rings. The third kappa shape index (κ3) is 8.31. The summed E-state index contributed by atoms with van der Waals surface area (Å²) in [6.45, 7) is 3.52. The number of nitrogens with zero attached hydrogens (tertiary/aromatic N) is 3. The maximum absolute atomic E-state index is 13.9. The van der Waals surface area contributed by atoms with Crippen LogP contribution in [0.5, 0.6) is 0 Å². The fourth-order valence-corrected chi connectivity index (χ4v) is 5.87.